The molecule has 4 amide bonds. The smallest absolute Gasteiger partial charge is 0.314 e. The maximum absolute atomic E-state index is 13.3. The molecule has 6 aromatic carbocycles. The fraction of sp³-hybridized carbons (Fsp3) is 0.0526. The first-order valence-corrected chi connectivity index (χ1v) is 19.1. The van der Waals surface area contributed by atoms with Crippen LogP contribution in [0.2, 0.25) is 0 Å². The number of fused-ring (bicyclic) bond motifs is 2. The molecule has 8 N–H and O–H groups in total. The Hall–Kier alpha value is -6.86. The quantitative estimate of drug-likeness (QED) is 0.0691. The van der Waals surface area contributed by atoms with Crippen LogP contribution in [0.25, 0.3) is 21.5 Å². The van der Waals surface area contributed by atoms with E-state index in [0.29, 0.717) is 11.1 Å². The molecule has 0 aliphatic rings. The van der Waals surface area contributed by atoms with Crippen molar-refractivity contribution in [3.63, 3.8) is 0 Å². The van der Waals surface area contributed by atoms with Crippen LogP contribution >= 0.6 is 0 Å². The van der Waals surface area contributed by atoms with Crippen LogP contribution in [0.4, 0.5) is 22.7 Å². The molecule has 0 spiro atoms. The Bertz CT molecular complexity index is 2700. The second kappa shape index (κ2) is 14.8. The summed E-state index contributed by atoms with van der Waals surface area (Å²) in [4.78, 5) is 51.3. The van der Waals surface area contributed by atoms with Crippen LogP contribution in [0.1, 0.15) is 31.8 Å². The number of carbonyl (C=O) groups excluding carboxylic acids is 4. The van der Waals surface area contributed by atoms with Gasteiger partial charge in [0.05, 0.1) is 9.79 Å². The fourth-order valence-corrected chi connectivity index (χ4v) is 6.83. The minimum atomic E-state index is -4.62. The van der Waals surface area contributed by atoms with Crippen LogP contribution in [0.3, 0.4) is 0 Å². The number of hydrogen-bond donors (Lipinski definition) is 8. The molecule has 0 bridgehead atoms. The predicted octanol–water partition coefficient (Wildman–Crippen LogP) is 5.60. The lowest BCUT2D eigenvalue weighted by Crippen LogP contribution is -2.29. The Morgan fingerprint density at radius 1 is 0.464 bits per heavy atom. The van der Waals surface area contributed by atoms with E-state index in [-0.39, 0.29) is 55.4 Å². The third kappa shape index (κ3) is 8.43. The maximum Gasteiger partial charge on any atom is 0.314 e. The molecule has 0 aliphatic carbocycles. The van der Waals surface area contributed by atoms with Crippen molar-refractivity contribution in [1.82, 2.24) is 0 Å². The molecule has 6 rings (SSSR count). The minimum Gasteiger partial charge on any atom is -0.507 e. The first kappa shape index (κ1) is 38.9. The van der Waals surface area contributed by atoms with Crippen molar-refractivity contribution in [3.05, 3.63) is 119 Å². The lowest BCUT2D eigenvalue weighted by Gasteiger charge is -2.13. The van der Waals surface area contributed by atoms with Crippen molar-refractivity contribution in [2.45, 2.75) is 23.6 Å². The van der Waals surface area contributed by atoms with Crippen LogP contribution in [-0.2, 0) is 29.8 Å². The number of carbonyl (C=O) groups is 4. The van der Waals surface area contributed by atoms with E-state index in [9.17, 15) is 55.3 Å². The summed E-state index contributed by atoms with van der Waals surface area (Å²) in [6, 6.07) is 21.4. The highest BCUT2D eigenvalue weighted by Gasteiger charge is 2.20. The highest BCUT2D eigenvalue weighted by molar-refractivity contribution is 7.86. The zero-order valence-corrected chi connectivity index (χ0v) is 30.7. The van der Waals surface area contributed by atoms with E-state index < -0.39 is 65.2 Å². The number of amides is 4. The average Bonchev–Trinajstić information content (AvgIpc) is 3.12. The van der Waals surface area contributed by atoms with Gasteiger partial charge in [-0.25, -0.2) is 0 Å². The third-order valence-electron chi connectivity index (χ3n) is 8.61. The van der Waals surface area contributed by atoms with Gasteiger partial charge in [0.2, 0.25) is 0 Å². The van der Waals surface area contributed by atoms with Gasteiger partial charge in [0, 0.05) is 56.8 Å². The van der Waals surface area contributed by atoms with Gasteiger partial charge in [-0.3, -0.25) is 28.3 Å². The Labute approximate surface area is 318 Å². The molecule has 6 aromatic rings. The predicted molar refractivity (Wildman–Crippen MR) is 206 cm³/mol. The second-order valence-electron chi connectivity index (χ2n) is 12.6. The average molecular weight is 799 g/mol. The van der Waals surface area contributed by atoms with Gasteiger partial charge in [-0.1, -0.05) is 12.1 Å². The number of rotatable bonds is 8. The molecule has 286 valence electrons. The molecular formula is C38H30N4O12S2. The van der Waals surface area contributed by atoms with Gasteiger partial charge >= 0.3 is 11.8 Å². The number of phenolic OH excluding ortho intramolecular Hbond substituents is 2. The van der Waals surface area contributed by atoms with Crippen LogP contribution in [0, 0.1) is 13.8 Å². The van der Waals surface area contributed by atoms with Crippen LogP contribution in [0.15, 0.2) is 107 Å². The molecule has 0 heterocycles. The number of benzene rings is 6. The van der Waals surface area contributed by atoms with Gasteiger partial charge in [0.25, 0.3) is 32.1 Å². The van der Waals surface area contributed by atoms with Crippen molar-refractivity contribution >= 4 is 88.2 Å². The zero-order chi connectivity index (χ0) is 40.7. The molecule has 0 fully saturated rings. The normalized spacial score (nSPS) is 11.6. The summed E-state index contributed by atoms with van der Waals surface area (Å²) in [6.07, 6.45) is 0. The molecule has 18 heteroatoms. The molecule has 0 saturated carbocycles. The van der Waals surface area contributed by atoms with Gasteiger partial charge in [-0.2, -0.15) is 16.8 Å². The van der Waals surface area contributed by atoms with Crippen molar-refractivity contribution in [3.8, 4) is 11.5 Å². The molecule has 0 radical (unpaired) electrons. The van der Waals surface area contributed by atoms with E-state index in [2.05, 4.69) is 21.3 Å². The van der Waals surface area contributed by atoms with Gasteiger partial charge < -0.3 is 31.5 Å². The molecule has 0 aliphatic heterocycles. The van der Waals surface area contributed by atoms with Gasteiger partial charge in [-0.15, -0.1) is 0 Å². The van der Waals surface area contributed by atoms with Gasteiger partial charge in [0.15, 0.2) is 0 Å². The number of hydrogen-bond acceptors (Lipinski definition) is 10. The van der Waals surface area contributed by atoms with E-state index in [1.165, 1.54) is 72.8 Å². The Morgan fingerprint density at radius 3 is 1.16 bits per heavy atom. The molecule has 56 heavy (non-hydrogen) atoms. The number of aryl methyl sites for hydroxylation is 2. The van der Waals surface area contributed by atoms with E-state index in [0.717, 1.165) is 24.3 Å². The lowest BCUT2D eigenvalue weighted by atomic mass is 10.1. The monoisotopic (exact) mass is 798 g/mol. The lowest BCUT2D eigenvalue weighted by molar-refractivity contribution is -0.132. The van der Waals surface area contributed by atoms with Crippen molar-refractivity contribution < 1.29 is 55.3 Å². The fourth-order valence-electron chi connectivity index (χ4n) is 5.76. The van der Waals surface area contributed by atoms with E-state index in [4.69, 9.17) is 0 Å². The summed E-state index contributed by atoms with van der Waals surface area (Å²) in [5, 5.41) is 31.6. The Kier molecular flexibility index (Phi) is 10.2. The molecule has 16 nitrogen and oxygen atoms in total. The second-order valence-corrected chi connectivity index (χ2v) is 15.4. The standard InChI is InChI=1S/C38H30N4O12S2/c1-19-3-5-25(15-31(19)35(45)39-23-7-9-29-21(11-23)13-27(17-33(29)43)55(49,50)51)41-37(47)38(48)42-26-6-4-20(2)32(16-26)36(46)40-24-8-10-30-22(12-24)14-28(18-34(30)44)56(52,53)54/h3-18,43-44H,1-2H3,(H,39,45)(H,40,46)(H,41,47)(H,42,48)(H,49,50,51)(H,52,53,54). The van der Waals surface area contributed by atoms with E-state index >= 15 is 0 Å². The Balaban J connectivity index is 1.13. The molecule has 0 atom stereocenters. The van der Waals surface area contributed by atoms with Gasteiger partial charge in [0.1, 0.15) is 11.5 Å². The molecular weight excluding hydrogens is 769 g/mol. The van der Waals surface area contributed by atoms with Crippen molar-refractivity contribution in [2.24, 2.45) is 0 Å². The highest BCUT2D eigenvalue weighted by Crippen LogP contribution is 2.32. The summed E-state index contributed by atoms with van der Waals surface area (Å²) < 4.78 is 65.2. The maximum atomic E-state index is 13.3. The number of anilines is 4. The van der Waals surface area contributed by atoms with Crippen molar-refractivity contribution in [1.29, 1.82) is 0 Å². The van der Waals surface area contributed by atoms with Crippen molar-refractivity contribution in [2.75, 3.05) is 21.3 Å². The van der Waals surface area contributed by atoms with E-state index in [1.54, 1.807) is 13.8 Å². The number of aromatic hydroxyl groups is 2. The first-order valence-electron chi connectivity index (χ1n) is 16.2. The SMILES string of the molecule is Cc1ccc(NC(=O)C(=O)Nc2ccc(C)c(C(=O)Nc3ccc4c(O)cc(S(=O)(=O)O)cc4c3)c2)cc1C(=O)Nc1ccc2c(O)cc(S(=O)(=O)O)cc2c1. The number of nitrogens with one attached hydrogen (secondary N) is 4. The van der Waals surface area contributed by atoms with Crippen LogP contribution in [0.5, 0.6) is 11.5 Å². The Morgan fingerprint density at radius 2 is 0.804 bits per heavy atom. The van der Waals surface area contributed by atoms with Crippen LogP contribution in [-0.4, -0.2) is 59.8 Å². The largest absolute Gasteiger partial charge is 0.507 e. The molecule has 0 unspecified atom stereocenters. The summed E-state index contributed by atoms with van der Waals surface area (Å²) >= 11 is 0. The third-order valence-corrected chi connectivity index (χ3v) is 10.3. The molecule has 0 aromatic heterocycles. The molecule has 0 saturated heterocycles. The summed E-state index contributed by atoms with van der Waals surface area (Å²) in [6.45, 7) is 3.28. The first-order chi connectivity index (χ1) is 26.3. The zero-order valence-electron chi connectivity index (χ0n) is 29.1. The topological polar surface area (TPSA) is 266 Å². The van der Waals surface area contributed by atoms with Crippen LogP contribution < -0.4 is 21.3 Å². The summed E-state index contributed by atoms with van der Waals surface area (Å²) in [5.74, 6) is -4.22. The van der Waals surface area contributed by atoms with Gasteiger partial charge in [-0.05, 0) is 109 Å². The number of phenols is 2. The van der Waals surface area contributed by atoms with E-state index in [1.807, 2.05) is 0 Å². The highest BCUT2D eigenvalue weighted by atomic mass is 32.2. The summed E-state index contributed by atoms with van der Waals surface area (Å²) in [5.41, 5.74) is 1.89. The summed E-state index contributed by atoms with van der Waals surface area (Å²) in [7, 11) is -9.24. The minimum absolute atomic E-state index is 0.0958.